The molecule has 1 aromatic rings. The van der Waals surface area contributed by atoms with Gasteiger partial charge < -0.3 is 15.3 Å². The maximum absolute atomic E-state index is 11.7. The van der Waals surface area contributed by atoms with Gasteiger partial charge in [-0.25, -0.2) is 0 Å². The first-order valence-corrected chi connectivity index (χ1v) is 5.91. The summed E-state index contributed by atoms with van der Waals surface area (Å²) in [6.45, 7) is 2.01. The fourth-order valence-corrected chi connectivity index (χ4v) is 2.30. The van der Waals surface area contributed by atoms with Gasteiger partial charge in [-0.2, -0.15) is 0 Å². The third-order valence-electron chi connectivity index (χ3n) is 3.10. The quantitative estimate of drug-likeness (QED) is 0.845. The molecule has 1 atom stereocenters. The number of para-hydroxylation sites is 2. The highest BCUT2D eigenvalue weighted by molar-refractivity contribution is 5.90. The Kier molecular flexibility index (Phi) is 3.50. The van der Waals surface area contributed by atoms with Gasteiger partial charge in [0.05, 0.1) is 17.4 Å². The minimum Gasteiger partial charge on any atom is -0.480 e. The Hall–Kier alpha value is -2.04. The van der Waals surface area contributed by atoms with Crippen LogP contribution in [0.15, 0.2) is 24.3 Å². The van der Waals surface area contributed by atoms with Crippen molar-refractivity contribution in [1.29, 1.82) is 0 Å². The Balaban J connectivity index is 2.42. The Morgan fingerprint density at radius 1 is 1.44 bits per heavy atom. The van der Waals surface area contributed by atoms with Gasteiger partial charge in [0, 0.05) is 6.54 Å². The SMILES string of the molecule is CC(=O)C1CCNc2ccccc2N1CC(=O)O. The van der Waals surface area contributed by atoms with Gasteiger partial charge in [0.15, 0.2) is 5.78 Å². The van der Waals surface area contributed by atoms with Crippen LogP contribution < -0.4 is 10.2 Å². The fraction of sp³-hybridized carbons (Fsp3) is 0.385. The summed E-state index contributed by atoms with van der Waals surface area (Å²) in [5.41, 5.74) is 1.65. The van der Waals surface area contributed by atoms with Crippen molar-refractivity contribution in [3.8, 4) is 0 Å². The highest BCUT2D eigenvalue weighted by atomic mass is 16.4. The number of carboxylic acid groups (broad SMARTS) is 1. The molecule has 1 unspecified atom stereocenters. The summed E-state index contributed by atoms with van der Waals surface area (Å²) < 4.78 is 0. The number of carboxylic acids is 1. The second-order valence-corrected chi connectivity index (χ2v) is 4.38. The van der Waals surface area contributed by atoms with Crippen molar-refractivity contribution in [2.24, 2.45) is 0 Å². The molecule has 0 bridgehead atoms. The summed E-state index contributed by atoms with van der Waals surface area (Å²) in [5.74, 6) is -0.937. The molecule has 2 N–H and O–H groups in total. The fourth-order valence-electron chi connectivity index (χ4n) is 2.30. The predicted molar refractivity (Wildman–Crippen MR) is 69.0 cm³/mol. The third-order valence-corrected chi connectivity index (χ3v) is 3.10. The average molecular weight is 248 g/mol. The van der Waals surface area contributed by atoms with Crippen LogP contribution >= 0.6 is 0 Å². The van der Waals surface area contributed by atoms with Gasteiger partial charge in [-0.3, -0.25) is 9.59 Å². The van der Waals surface area contributed by atoms with Crippen molar-refractivity contribution in [3.63, 3.8) is 0 Å². The largest absolute Gasteiger partial charge is 0.480 e. The van der Waals surface area contributed by atoms with E-state index in [0.717, 1.165) is 11.4 Å². The lowest BCUT2D eigenvalue weighted by atomic mass is 10.1. The van der Waals surface area contributed by atoms with Gasteiger partial charge in [0.2, 0.25) is 0 Å². The first-order valence-electron chi connectivity index (χ1n) is 5.91. The molecule has 5 nitrogen and oxygen atoms in total. The number of ketones is 1. The number of nitrogens with one attached hydrogen (secondary N) is 1. The third kappa shape index (κ3) is 2.45. The van der Waals surface area contributed by atoms with Crippen LogP contribution in [0.25, 0.3) is 0 Å². The van der Waals surface area contributed by atoms with Crippen LogP contribution in [0.1, 0.15) is 13.3 Å². The van der Waals surface area contributed by atoms with Crippen molar-refractivity contribution in [3.05, 3.63) is 24.3 Å². The number of anilines is 2. The number of fused-ring (bicyclic) bond motifs is 1. The molecule has 0 aliphatic carbocycles. The van der Waals surface area contributed by atoms with Crippen molar-refractivity contribution in [2.45, 2.75) is 19.4 Å². The van der Waals surface area contributed by atoms with Crippen molar-refractivity contribution >= 4 is 23.1 Å². The summed E-state index contributed by atoms with van der Waals surface area (Å²) in [5, 5.41) is 12.2. The molecule has 1 heterocycles. The van der Waals surface area contributed by atoms with E-state index in [9.17, 15) is 9.59 Å². The maximum Gasteiger partial charge on any atom is 0.323 e. The number of hydrogen-bond acceptors (Lipinski definition) is 4. The summed E-state index contributed by atoms with van der Waals surface area (Å²) in [4.78, 5) is 24.3. The normalized spacial score (nSPS) is 18.5. The van der Waals surface area contributed by atoms with Crippen LogP contribution in [-0.2, 0) is 9.59 Å². The molecule has 0 radical (unpaired) electrons. The van der Waals surface area contributed by atoms with Crippen molar-refractivity contribution in [1.82, 2.24) is 0 Å². The monoisotopic (exact) mass is 248 g/mol. The van der Waals surface area contributed by atoms with Crippen molar-refractivity contribution < 1.29 is 14.7 Å². The van der Waals surface area contributed by atoms with Crippen LogP contribution in [0.3, 0.4) is 0 Å². The molecular weight excluding hydrogens is 232 g/mol. The number of rotatable bonds is 3. The molecule has 96 valence electrons. The molecule has 2 rings (SSSR count). The second-order valence-electron chi connectivity index (χ2n) is 4.38. The predicted octanol–water partition coefficient (Wildman–Crippen LogP) is 1.35. The Labute approximate surface area is 105 Å². The summed E-state index contributed by atoms with van der Waals surface area (Å²) in [6, 6.07) is 7.09. The molecule has 1 aliphatic heterocycles. The second kappa shape index (κ2) is 5.08. The molecule has 5 heteroatoms. The van der Waals surface area contributed by atoms with Gasteiger partial charge in [-0.15, -0.1) is 0 Å². The standard InChI is InChI=1S/C13H16N2O3/c1-9(16)11-6-7-14-10-4-2-3-5-12(10)15(11)8-13(17)18/h2-5,11,14H,6-8H2,1H3,(H,17,18). The number of aliphatic carboxylic acids is 1. The van der Waals surface area contributed by atoms with Gasteiger partial charge in [-0.1, -0.05) is 12.1 Å². The van der Waals surface area contributed by atoms with E-state index < -0.39 is 5.97 Å². The number of hydrogen-bond donors (Lipinski definition) is 2. The van der Waals surface area contributed by atoms with E-state index in [0.29, 0.717) is 13.0 Å². The number of carbonyl (C=O) groups is 2. The maximum atomic E-state index is 11.7. The molecule has 0 aromatic heterocycles. The van der Waals surface area contributed by atoms with Crippen LogP contribution in [-0.4, -0.2) is 36.0 Å². The molecule has 0 saturated carbocycles. The molecule has 0 saturated heterocycles. The molecule has 18 heavy (non-hydrogen) atoms. The number of benzene rings is 1. The van der Waals surface area contributed by atoms with E-state index >= 15 is 0 Å². The first kappa shape index (κ1) is 12.4. The van der Waals surface area contributed by atoms with E-state index in [4.69, 9.17) is 5.11 Å². The summed E-state index contributed by atoms with van der Waals surface area (Å²) in [6.07, 6.45) is 0.608. The average Bonchev–Trinajstić information content (AvgIpc) is 2.49. The molecule has 1 aromatic carbocycles. The molecular formula is C13H16N2O3. The van der Waals surface area contributed by atoms with E-state index in [2.05, 4.69) is 5.32 Å². The van der Waals surface area contributed by atoms with Crippen LogP contribution in [0.4, 0.5) is 11.4 Å². The van der Waals surface area contributed by atoms with Crippen LogP contribution in [0.5, 0.6) is 0 Å². The summed E-state index contributed by atoms with van der Waals surface area (Å²) >= 11 is 0. The van der Waals surface area contributed by atoms with Gasteiger partial charge in [0.25, 0.3) is 0 Å². The zero-order chi connectivity index (χ0) is 13.1. The topological polar surface area (TPSA) is 69.6 Å². The number of nitrogens with zero attached hydrogens (tertiary/aromatic N) is 1. The lowest BCUT2D eigenvalue weighted by Gasteiger charge is -2.29. The van der Waals surface area contributed by atoms with Gasteiger partial charge in [0.1, 0.15) is 6.54 Å². The lowest BCUT2D eigenvalue weighted by Crippen LogP contribution is -2.43. The van der Waals surface area contributed by atoms with Gasteiger partial charge in [-0.05, 0) is 25.5 Å². The van der Waals surface area contributed by atoms with E-state index in [1.165, 1.54) is 6.92 Å². The first-order chi connectivity index (χ1) is 8.59. The molecule has 0 spiro atoms. The summed E-state index contributed by atoms with van der Waals surface area (Å²) in [7, 11) is 0. The zero-order valence-electron chi connectivity index (χ0n) is 10.2. The zero-order valence-corrected chi connectivity index (χ0v) is 10.2. The van der Waals surface area contributed by atoms with Gasteiger partial charge >= 0.3 is 5.97 Å². The minimum atomic E-state index is -0.932. The highest BCUT2D eigenvalue weighted by Crippen LogP contribution is 2.30. The van der Waals surface area contributed by atoms with E-state index in [1.807, 2.05) is 24.3 Å². The number of Topliss-reactive ketones (excluding diaryl/α,β-unsaturated/α-hetero) is 1. The van der Waals surface area contributed by atoms with Crippen LogP contribution in [0, 0.1) is 0 Å². The minimum absolute atomic E-state index is 0.00486. The van der Waals surface area contributed by atoms with Crippen LogP contribution in [0.2, 0.25) is 0 Å². The van der Waals surface area contributed by atoms with Crippen molar-refractivity contribution in [2.75, 3.05) is 23.3 Å². The smallest absolute Gasteiger partial charge is 0.323 e. The van der Waals surface area contributed by atoms with E-state index in [-0.39, 0.29) is 18.4 Å². The molecule has 1 aliphatic rings. The highest BCUT2D eigenvalue weighted by Gasteiger charge is 2.28. The Bertz CT molecular complexity index is 473. The lowest BCUT2D eigenvalue weighted by molar-refractivity contribution is -0.135. The van der Waals surface area contributed by atoms with E-state index in [1.54, 1.807) is 4.90 Å². The number of carbonyl (C=O) groups excluding carboxylic acids is 1. The Morgan fingerprint density at radius 2 is 2.17 bits per heavy atom. The molecule has 0 amide bonds. The Morgan fingerprint density at radius 3 is 2.83 bits per heavy atom. The molecule has 0 fully saturated rings.